The van der Waals surface area contributed by atoms with Crippen LogP contribution in [-0.4, -0.2) is 18.9 Å². The third-order valence-electron chi connectivity index (χ3n) is 3.48. The van der Waals surface area contributed by atoms with Crippen molar-refractivity contribution in [1.82, 2.24) is 0 Å². The van der Waals surface area contributed by atoms with Gasteiger partial charge in [0.2, 0.25) is 0 Å². The van der Waals surface area contributed by atoms with Gasteiger partial charge < -0.3 is 4.90 Å². The Hall–Kier alpha value is -1.31. The van der Waals surface area contributed by atoms with Crippen LogP contribution in [0.5, 0.6) is 0 Å². The highest BCUT2D eigenvalue weighted by atomic mass is 16.1. The summed E-state index contributed by atoms with van der Waals surface area (Å²) in [6, 6.07) is 6.33. The van der Waals surface area contributed by atoms with E-state index in [4.69, 9.17) is 0 Å². The van der Waals surface area contributed by atoms with Crippen LogP contribution in [0.25, 0.3) is 0 Å². The van der Waals surface area contributed by atoms with Crippen LogP contribution in [0.15, 0.2) is 18.2 Å². The number of hydrogen-bond acceptors (Lipinski definition) is 2. The van der Waals surface area contributed by atoms with Gasteiger partial charge in [-0.3, -0.25) is 4.79 Å². The molecule has 1 fully saturated rings. The van der Waals surface area contributed by atoms with E-state index in [1.54, 1.807) is 0 Å². The van der Waals surface area contributed by atoms with Crippen molar-refractivity contribution in [3.05, 3.63) is 29.3 Å². The lowest BCUT2D eigenvalue weighted by Crippen LogP contribution is -2.17. The highest BCUT2D eigenvalue weighted by molar-refractivity contribution is 6.00. The molecule has 0 bridgehead atoms. The summed E-state index contributed by atoms with van der Waals surface area (Å²) in [5.41, 5.74) is 3.52. The largest absolute Gasteiger partial charge is 0.372 e. The van der Waals surface area contributed by atoms with Gasteiger partial charge in [-0.15, -0.1) is 0 Å². The Morgan fingerprint density at radius 2 is 1.87 bits per heavy atom. The molecule has 3 rings (SSSR count). The molecule has 0 unspecified atom stereocenters. The average Bonchev–Trinajstić information content (AvgIpc) is 2.88. The zero-order valence-corrected chi connectivity index (χ0v) is 8.83. The molecule has 2 heteroatoms. The van der Waals surface area contributed by atoms with Crippen molar-refractivity contribution in [2.24, 2.45) is 0 Å². The van der Waals surface area contributed by atoms with Gasteiger partial charge in [-0.1, -0.05) is 0 Å². The molecule has 1 saturated heterocycles. The number of hydrogen-bond donors (Lipinski definition) is 0. The Morgan fingerprint density at radius 3 is 2.67 bits per heavy atom. The highest BCUT2D eigenvalue weighted by Crippen LogP contribution is 2.28. The Kier molecular flexibility index (Phi) is 2.01. The second-order valence-electron chi connectivity index (χ2n) is 4.46. The Labute approximate surface area is 89.9 Å². The molecule has 1 aliphatic heterocycles. The fourth-order valence-electron chi connectivity index (χ4n) is 2.61. The van der Waals surface area contributed by atoms with Crippen LogP contribution in [0.4, 0.5) is 5.69 Å². The second-order valence-corrected chi connectivity index (χ2v) is 4.46. The Balaban J connectivity index is 1.95. The quantitative estimate of drug-likeness (QED) is 0.695. The molecule has 1 aromatic carbocycles. The molecule has 1 heterocycles. The van der Waals surface area contributed by atoms with Crippen molar-refractivity contribution in [3.63, 3.8) is 0 Å². The minimum absolute atomic E-state index is 0.318. The van der Waals surface area contributed by atoms with Gasteiger partial charge in [0.25, 0.3) is 0 Å². The molecule has 1 aromatic rings. The van der Waals surface area contributed by atoms with Crippen molar-refractivity contribution in [1.29, 1.82) is 0 Å². The van der Waals surface area contributed by atoms with Gasteiger partial charge in [0.15, 0.2) is 5.78 Å². The van der Waals surface area contributed by atoms with E-state index in [9.17, 15) is 4.79 Å². The second kappa shape index (κ2) is 3.37. The van der Waals surface area contributed by atoms with Crippen LogP contribution < -0.4 is 4.90 Å². The maximum absolute atomic E-state index is 11.5. The first kappa shape index (κ1) is 8.96. The van der Waals surface area contributed by atoms with E-state index in [-0.39, 0.29) is 0 Å². The lowest BCUT2D eigenvalue weighted by atomic mass is 10.1. The lowest BCUT2D eigenvalue weighted by Gasteiger charge is -2.18. The van der Waals surface area contributed by atoms with Crippen LogP contribution in [0.2, 0.25) is 0 Å². The fourth-order valence-corrected chi connectivity index (χ4v) is 2.61. The highest BCUT2D eigenvalue weighted by Gasteiger charge is 2.21. The SMILES string of the molecule is O=C1CCc2cc(N3CCCC3)ccc21. The molecule has 15 heavy (non-hydrogen) atoms. The van der Waals surface area contributed by atoms with E-state index in [1.165, 1.54) is 37.2 Å². The molecule has 0 spiro atoms. The first-order chi connectivity index (χ1) is 7.34. The standard InChI is InChI=1S/C13H15NO/c15-13-6-3-10-9-11(4-5-12(10)13)14-7-1-2-8-14/h4-5,9H,1-3,6-8H2. The van der Waals surface area contributed by atoms with Gasteiger partial charge in [0.1, 0.15) is 0 Å². The molecular weight excluding hydrogens is 186 g/mol. The predicted molar refractivity (Wildman–Crippen MR) is 60.5 cm³/mol. The van der Waals surface area contributed by atoms with Crippen LogP contribution in [0.1, 0.15) is 35.2 Å². The fraction of sp³-hybridized carbons (Fsp3) is 0.462. The van der Waals surface area contributed by atoms with E-state index < -0.39 is 0 Å². The van der Waals surface area contributed by atoms with Gasteiger partial charge in [0, 0.05) is 30.8 Å². The molecule has 0 atom stereocenters. The summed E-state index contributed by atoms with van der Waals surface area (Å²) in [6.07, 6.45) is 4.25. The van der Waals surface area contributed by atoms with Crippen molar-refractivity contribution in [2.75, 3.05) is 18.0 Å². The van der Waals surface area contributed by atoms with E-state index in [2.05, 4.69) is 17.0 Å². The summed E-state index contributed by atoms with van der Waals surface area (Å²) < 4.78 is 0. The van der Waals surface area contributed by atoms with Crippen LogP contribution in [0, 0.1) is 0 Å². The molecule has 0 N–H and O–H groups in total. The van der Waals surface area contributed by atoms with Crippen LogP contribution >= 0.6 is 0 Å². The molecule has 0 radical (unpaired) electrons. The summed E-state index contributed by atoms with van der Waals surface area (Å²) in [6.45, 7) is 2.35. The lowest BCUT2D eigenvalue weighted by molar-refractivity contribution is 0.0994. The first-order valence-electron chi connectivity index (χ1n) is 5.76. The number of carbonyl (C=O) groups excluding carboxylic acids is 1. The van der Waals surface area contributed by atoms with Crippen molar-refractivity contribution in [3.8, 4) is 0 Å². The van der Waals surface area contributed by atoms with E-state index in [0.717, 1.165) is 12.0 Å². The number of anilines is 1. The zero-order valence-electron chi connectivity index (χ0n) is 8.83. The van der Waals surface area contributed by atoms with Gasteiger partial charge in [-0.05, 0) is 43.0 Å². The monoisotopic (exact) mass is 201 g/mol. The molecule has 0 amide bonds. The molecule has 2 nitrogen and oxygen atoms in total. The van der Waals surface area contributed by atoms with Gasteiger partial charge >= 0.3 is 0 Å². The summed E-state index contributed by atoms with van der Waals surface area (Å²) in [5.74, 6) is 0.318. The number of aryl methyl sites for hydroxylation is 1. The van der Waals surface area contributed by atoms with Gasteiger partial charge in [-0.25, -0.2) is 0 Å². The van der Waals surface area contributed by atoms with E-state index >= 15 is 0 Å². The van der Waals surface area contributed by atoms with Crippen molar-refractivity contribution >= 4 is 11.5 Å². The third kappa shape index (κ3) is 1.44. The summed E-state index contributed by atoms with van der Waals surface area (Å²) in [5, 5.41) is 0. The molecule has 1 aliphatic carbocycles. The summed E-state index contributed by atoms with van der Waals surface area (Å²) in [4.78, 5) is 13.9. The van der Waals surface area contributed by atoms with Crippen LogP contribution in [-0.2, 0) is 6.42 Å². The van der Waals surface area contributed by atoms with E-state index in [1.807, 2.05) is 6.07 Å². The first-order valence-corrected chi connectivity index (χ1v) is 5.76. The summed E-state index contributed by atoms with van der Waals surface area (Å²) in [7, 11) is 0. The van der Waals surface area contributed by atoms with Crippen molar-refractivity contribution < 1.29 is 4.79 Å². The zero-order chi connectivity index (χ0) is 10.3. The molecule has 0 saturated carbocycles. The maximum Gasteiger partial charge on any atom is 0.163 e. The predicted octanol–water partition coefficient (Wildman–Crippen LogP) is 2.42. The number of ketones is 1. The van der Waals surface area contributed by atoms with Gasteiger partial charge in [0.05, 0.1) is 0 Å². The molecule has 0 aromatic heterocycles. The minimum Gasteiger partial charge on any atom is -0.372 e. The molecule has 78 valence electrons. The van der Waals surface area contributed by atoms with Gasteiger partial charge in [-0.2, -0.15) is 0 Å². The number of Topliss-reactive ketones (excluding diaryl/α,β-unsaturated/α-hetero) is 1. The third-order valence-corrected chi connectivity index (χ3v) is 3.48. The Morgan fingerprint density at radius 1 is 1.07 bits per heavy atom. The number of carbonyl (C=O) groups is 1. The smallest absolute Gasteiger partial charge is 0.163 e. The number of fused-ring (bicyclic) bond motifs is 1. The van der Waals surface area contributed by atoms with Crippen LogP contribution in [0.3, 0.4) is 0 Å². The summed E-state index contributed by atoms with van der Waals surface area (Å²) >= 11 is 0. The maximum atomic E-state index is 11.5. The number of nitrogens with zero attached hydrogens (tertiary/aromatic N) is 1. The topological polar surface area (TPSA) is 20.3 Å². The van der Waals surface area contributed by atoms with E-state index in [0.29, 0.717) is 12.2 Å². The Bertz CT molecular complexity index is 405. The average molecular weight is 201 g/mol. The molecular formula is C13H15NO. The normalized spacial score (nSPS) is 19.7. The number of benzene rings is 1. The van der Waals surface area contributed by atoms with Crippen molar-refractivity contribution in [2.45, 2.75) is 25.7 Å². The minimum atomic E-state index is 0.318. The molecule has 2 aliphatic rings. The number of rotatable bonds is 1.